The molecular formula is C22H21N7O6S2. The van der Waals surface area contributed by atoms with Crippen molar-refractivity contribution in [1.29, 1.82) is 0 Å². The zero-order chi connectivity index (χ0) is 26.1. The van der Waals surface area contributed by atoms with Crippen LogP contribution in [-0.2, 0) is 19.2 Å². The predicted molar refractivity (Wildman–Crippen MR) is 135 cm³/mol. The number of oxazole rings is 1. The van der Waals surface area contributed by atoms with Crippen molar-refractivity contribution in [1.82, 2.24) is 25.1 Å². The van der Waals surface area contributed by atoms with Gasteiger partial charge in [-0.25, -0.2) is 14.8 Å². The lowest BCUT2D eigenvalue weighted by Gasteiger charge is -2.49. The summed E-state index contributed by atoms with van der Waals surface area (Å²) in [6.45, 7) is 0.862. The number of amides is 2. The average molecular weight is 544 g/mol. The summed E-state index contributed by atoms with van der Waals surface area (Å²) in [5.41, 5.74) is 7.16. The summed E-state index contributed by atoms with van der Waals surface area (Å²) in [6, 6.07) is -0.922. The van der Waals surface area contributed by atoms with E-state index < -0.39 is 29.2 Å². The van der Waals surface area contributed by atoms with Gasteiger partial charge in [0.1, 0.15) is 29.9 Å². The third-order valence-electron chi connectivity index (χ3n) is 5.82. The van der Waals surface area contributed by atoms with E-state index in [0.717, 1.165) is 16.9 Å². The van der Waals surface area contributed by atoms with Crippen molar-refractivity contribution < 1.29 is 28.7 Å². The highest BCUT2D eigenvalue weighted by molar-refractivity contribution is 8.00. The largest absolute Gasteiger partial charge is 0.477 e. The van der Waals surface area contributed by atoms with Crippen LogP contribution in [-0.4, -0.2) is 85.7 Å². The molecule has 1 saturated heterocycles. The summed E-state index contributed by atoms with van der Waals surface area (Å²) in [5, 5.41) is 17.5. The van der Waals surface area contributed by atoms with Crippen molar-refractivity contribution in [2.24, 2.45) is 5.16 Å². The van der Waals surface area contributed by atoms with Gasteiger partial charge in [-0.15, -0.1) is 23.1 Å². The van der Waals surface area contributed by atoms with Gasteiger partial charge in [-0.2, -0.15) is 0 Å². The minimum atomic E-state index is -1.20. The minimum Gasteiger partial charge on any atom is -0.477 e. The van der Waals surface area contributed by atoms with Crippen LogP contribution in [0.2, 0.25) is 0 Å². The van der Waals surface area contributed by atoms with Crippen LogP contribution in [0, 0.1) is 0 Å². The van der Waals surface area contributed by atoms with Gasteiger partial charge in [-0.1, -0.05) is 11.2 Å². The molecule has 37 heavy (non-hydrogen) atoms. The smallest absolute Gasteiger partial charge is 0.352 e. The number of carboxylic acid groups (broad SMARTS) is 1. The minimum absolute atomic E-state index is 0.0595. The second kappa shape index (κ2) is 10.1. The van der Waals surface area contributed by atoms with Gasteiger partial charge in [-0.3, -0.25) is 14.5 Å². The molecule has 4 N–H and O–H groups in total. The molecule has 5 heterocycles. The number of nitrogen functional groups attached to an aromatic ring is 1. The number of nitrogens with two attached hydrogens (primary N) is 1. The van der Waals surface area contributed by atoms with Crippen LogP contribution in [0.25, 0.3) is 5.57 Å². The number of allylic oxidation sites excluding steroid dienone is 2. The van der Waals surface area contributed by atoms with Gasteiger partial charge in [-0.05, 0) is 11.6 Å². The normalized spacial score (nSPS) is 21.4. The third kappa shape index (κ3) is 4.70. The monoisotopic (exact) mass is 543 g/mol. The van der Waals surface area contributed by atoms with Crippen LogP contribution in [0.1, 0.15) is 11.5 Å². The van der Waals surface area contributed by atoms with Crippen LogP contribution in [0.5, 0.6) is 0 Å². The summed E-state index contributed by atoms with van der Waals surface area (Å²) in [6.07, 6.45) is 8.64. The van der Waals surface area contributed by atoms with Crippen LogP contribution in [0.4, 0.5) is 5.13 Å². The van der Waals surface area contributed by atoms with Gasteiger partial charge in [0.05, 0.1) is 6.20 Å². The van der Waals surface area contributed by atoms with Crippen molar-refractivity contribution in [3.05, 3.63) is 59.0 Å². The zero-order valence-corrected chi connectivity index (χ0v) is 21.0. The molecular weight excluding hydrogens is 522 g/mol. The first kappa shape index (κ1) is 24.6. The Labute approximate surface area is 218 Å². The number of fused-ring (bicyclic) bond motifs is 1. The molecule has 0 bridgehead atoms. The van der Waals surface area contributed by atoms with E-state index >= 15 is 0 Å². The van der Waals surface area contributed by atoms with E-state index in [-0.39, 0.29) is 22.2 Å². The number of carbonyl (C=O) groups is 3. The first-order chi connectivity index (χ1) is 17.9. The standard InChI is InChI=1S/C22H21N7O6S2/c1-34-27-15(13-9-37-22(23)25-13)18(30)26-16-19(31)29-17(21(32)33)12(8-36-20(16)29)7-28-4-2-11(3-5-28)14-6-24-10-35-14/h2-4,6,9-10,16,20H,5,7-8H2,1H3,(H2,23,25)(H,26,30)(H,32,33). The number of aromatic nitrogens is 2. The van der Waals surface area contributed by atoms with E-state index in [4.69, 9.17) is 15.0 Å². The maximum absolute atomic E-state index is 13.0. The maximum atomic E-state index is 13.0. The first-order valence-corrected chi connectivity index (χ1v) is 12.8. The number of hydrogen-bond donors (Lipinski definition) is 3. The van der Waals surface area contributed by atoms with E-state index in [0.29, 0.717) is 30.2 Å². The number of carboxylic acids is 1. The van der Waals surface area contributed by atoms with Crippen LogP contribution in [0.3, 0.4) is 0 Å². The molecule has 3 aliphatic rings. The molecule has 15 heteroatoms. The van der Waals surface area contributed by atoms with Crippen molar-refractivity contribution in [3.8, 4) is 0 Å². The SMILES string of the molecule is CON=C(C(=O)NC1C(=O)N2C(C(=O)O)=C(CN3C=CC(c4cnco4)=CC3)CSC12)c1csc(N)n1. The number of aliphatic carboxylic acids is 1. The lowest BCUT2D eigenvalue weighted by Crippen LogP contribution is -2.71. The number of anilines is 1. The summed E-state index contributed by atoms with van der Waals surface area (Å²) in [7, 11) is 1.28. The average Bonchev–Trinajstić information content (AvgIpc) is 3.58. The first-order valence-electron chi connectivity index (χ1n) is 10.9. The summed E-state index contributed by atoms with van der Waals surface area (Å²) in [5.74, 6) is -1.36. The molecule has 0 spiro atoms. The molecule has 13 nitrogen and oxygen atoms in total. The number of thiazole rings is 1. The Morgan fingerprint density at radius 3 is 2.89 bits per heavy atom. The van der Waals surface area contributed by atoms with Crippen molar-refractivity contribution in [2.45, 2.75) is 11.4 Å². The van der Waals surface area contributed by atoms with Gasteiger partial charge >= 0.3 is 5.97 Å². The molecule has 2 amide bonds. The molecule has 0 saturated carbocycles. The Balaban J connectivity index is 1.28. The Morgan fingerprint density at radius 2 is 2.27 bits per heavy atom. The van der Waals surface area contributed by atoms with Gasteiger partial charge in [0.2, 0.25) is 0 Å². The molecule has 2 aromatic heterocycles. The molecule has 3 aliphatic heterocycles. The number of nitrogens with one attached hydrogen (secondary N) is 1. The Morgan fingerprint density at radius 1 is 1.43 bits per heavy atom. The molecule has 0 aromatic carbocycles. The summed E-state index contributed by atoms with van der Waals surface area (Å²) >= 11 is 2.51. The maximum Gasteiger partial charge on any atom is 0.352 e. The van der Waals surface area contributed by atoms with E-state index in [9.17, 15) is 19.5 Å². The highest BCUT2D eigenvalue weighted by Crippen LogP contribution is 2.40. The fraction of sp³-hybridized carbons (Fsp3) is 0.273. The highest BCUT2D eigenvalue weighted by atomic mass is 32.2. The topological polar surface area (TPSA) is 176 Å². The third-order valence-corrected chi connectivity index (χ3v) is 7.83. The van der Waals surface area contributed by atoms with Gasteiger partial charge in [0.15, 0.2) is 23.0 Å². The Hall–Kier alpha value is -4.11. The number of hydrogen-bond acceptors (Lipinski definition) is 12. The molecule has 0 radical (unpaired) electrons. The number of oxime groups is 1. The van der Waals surface area contributed by atoms with Gasteiger partial charge < -0.3 is 30.3 Å². The number of thioether (sulfide) groups is 1. The lowest BCUT2D eigenvalue weighted by molar-refractivity contribution is -0.150. The molecule has 0 aliphatic carbocycles. The van der Waals surface area contributed by atoms with Crippen LogP contribution < -0.4 is 11.1 Å². The number of rotatable bonds is 8. The van der Waals surface area contributed by atoms with Crippen molar-refractivity contribution in [2.75, 3.05) is 31.7 Å². The molecule has 2 atom stereocenters. The van der Waals surface area contributed by atoms with Crippen LogP contribution >= 0.6 is 23.1 Å². The number of carbonyl (C=O) groups excluding carboxylic acids is 2. The van der Waals surface area contributed by atoms with Gasteiger partial charge in [0.25, 0.3) is 11.8 Å². The van der Waals surface area contributed by atoms with Crippen molar-refractivity contribution in [3.63, 3.8) is 0 Å². The Bertz CT molecular complexity index is 1360. The van der Waals surface area contributed by atoms with Crippen LogP contribution in [0.15, 0.2) is 57.2 Å². The lowest BCUT2D eigenvalue weighted by atomic mass is 10.0. The molecule has 2 unspecified atom stereocenters. The highest BCUT2D eigenvalue weighted by Gasteiger charge is 2.54. The molecule has 5 rings (SSSR count). The predicted octanol–water partition coefficient (Wildman–Crippen LogP) is 0.715. The quantitative estimate of drug-likeness (QED) is 0.243. The fourth-order valence-electron chi connectivity index (χ4n) is 4.14. The zero-order valence-electron chi connectivity index (χ0n) is 19.4. The second-order valence-electron chi connectivity index (χ2n) is 8.08. The van der Waals surface area contributed by atoms with Gasteiger partial charge in [0, 0.05) is 36.0 Å². The summed E-state index contributed by atoms with van der Waals surface area (Å²) < 4.78 is 5.31. The number of nitrogens with zero attached hydrogens (tertiary/aromatic N) is 5. The molecule has 192 valence electrons. The van der Waals surface area contributed by atoms with E-state index in [1.807, 2.05) is 23.3 Å². The number of β-lactam (4-membered cyclic amide) rings is 1. The fourth-order valence-corrected chi connectivity index (χ4v) is 6.02. The summed E-state index contributed by atoms with van der Waals surface area (Å²) in [4.78, 5) is 54.0. The van der Waals surface area contributed by atoms with Crippen molar-refractivity contribution >= 4 is 57.3 Å². The van der Waals surface area contributed by atoms with E-state index in [1.54, 1.807) is 11.6 Å². The van der Waals surface area contributed by atoms with E-state index in [1.165, 1.54) is 30.2 Å². The molecule has 2 aromatic rings. The second-order valence-corrected chi connectivity index (χ2v) is 10.1. The van der Waals surface area contributed by atoms with E-state index in [2.05, 4.69) is 20.4 Å². The molecule has 1 fully saturated rings. The Kier molecular flexibility index (Phi) is 6.71.